The zero-order valence-electron chi connectivity index (χ0n) is 19.2. The van der Waals surface area contributed by atoms with Crippen LogP contribution in [0.25, 0.3) is 0 Å². The van der Waals surface area contributed by atoms with Crippen molar-refractivity contribution in [3.63, 3.8) is 0 Å². The quantitative estimate of drug-likeness (QED) is 0.525. The van der Waals surface area contributed by atoms with Gasteiger partial charge in [-0.3, -0.25) is 4.90 Å². The van der Waals surface area contributed by atoms with Gasteiger partial charge in [0.1, 0.15) is 0 Å². The monoisotopic (exact) mass is 502 g/mol. The number of likely N-dealkylation sites (tertiary alicyclic amines) is 1. The number of hydrogen-bond donors (Lipinski definition) is 1. The maximum Gasteiger partial charge on any atom is 0.416 e. The molecule has 1 saturated carbocycles. The summed E-state index contributed by atoms with van der Waals surface area (Å²) in [6, 6.07) is 12.6. The Kier molecular flexibility index (Phi) is 4.82. The van der Waals surface area contributed by atoms with Gasteiger partial charge in [0.2, 0.25) is 0 Å². The lowest BCUT2D eigenvalue weighted by molar-refractivity contribution is -0.137. The molecule has 3 aromatic rings. The molecule has 3 aliphatic rings. The third kappa shape index (κ3) is 3.61. The number of aromatic nitrogens is 2. The van der Waals surface area contributed by atoms with Gasteiger partial charge in [0.25, 0.3) is 10.0 Å². The summed E-state index contributed by atoms with van der Waals surface area (Å²) in [6.45, 7) is 0.113. The molecule has 2 aliphatic carbocycles. The molecule has 184 valence electrons. The molecule has 0 amide bonds. The van der Waals surface area contributed by atoms with Crippen molar-refractivity contribution in [2.24, 2.45) is 12.5 Å². The molecule has 6 rings (SSSR count). The number of rotatable bonds is 6. The molecule has 35 heavy (non-hydrogen) atoms. The number of hydrogen-bond acceptors (Lipinski definition) is 4. The number of halogens is 3. The summed E-state index contributed by atoms with van der Waals surface area (Å²) in [4.78, 5) is 6.23. The van der Waals surface area contributed by atoms with Gasteiger partial charge < -0.3 is 4.57 Å². The van der Waals surface area contributed by atoms with Crippen LogP contribution in [0, 0.1) is 5.41 Å². The summed E-state index contributed by atoms with van der Waals surface area (Å²) in [5.74, 6) is 0.0968. The second-order valence-corrected chi connectivity index (χ2v) is 11.7. The van der Waals surface area contributed by atoms with Crippen LogP contribution in [0.3, 0.4) is 0 Å². The number of likely N-dealkylation sites (N-methyl/N-ethyl adjacent to an activating group) is 1. The highest BCUT2D eigenvalue weighted by Gasteiger charge is 2.84. The fourth-order valence-electron chi connectivity index (χ4n) is 6.23. The van der Waals surface area contributed by atoms with Gasteiger partial charge >= 0.3 is 6.18 Å². The molecule has 2 heterocycles. The first-order valence-corrected chi connectivity index (χ1v) is 13.0. The normalized spacial score (nSPS) is 28.7. The predicted octanol–water partition coefficient (Wildman–Crippen LogP) is 3.48. The highest BCUT2D eigenvalue weighted by atomic mass is 32.2. The largest absolute Gasteiger partial charge is 0.416 e. The minimum atomic E-state index is -4.37. The Bertz CT molecular complexity index is 1420. The first-order valence-electron chi connectivity index (χ1n) is 11.5. The predicted molar refractivity (Wildman–Crippen MR) is 123 cm³/mol. The summed E-state index contributed by atoms with van der Waals surface area (Å²) < 4.78 is 69.2. The van der Waals surface area contributed by atoms with E-state index in [1.54, 1.807) is 17.7 Å². The van der Waals surface area contributed by atoms with E-state index in [1.165, 1.54) is 30.2 Å². The van der Waals surface area contributed by atoms with Gasteiger partial charge in [0, 0.05) is 37.3 Å². The van der Waals surface area contributed by atoms with E-state index in [0.717, 1.165) is 23.6 Å². The van der Waals surface area contributed by atoms with E-state index in [9.17, 15) is 21.6 Å². The van der Waals surface area contributed by atoms with E-state index in [2.05, 4.69) is 21.7 Å². The smallest absolute Gasteiger partial charge is 0.339 e. The van der Waals surface area contributed by atoms with Crippen molar-refractivity contribution < 1.29 is 21.6 Å². The van der Waals surface area contributed by atoms with Gasteiger partial charge in [-0.2, -0.15) is 13.2 Å². The molecular weight excluding hydrogens is 477 g/mol. The maximum absolute atomic E-state index is 13.3. The zero-order valence-corrected chi connectivity index (χ0v) is 20.1. The maximum atomic E-state index is 13.3. The van der Waals surface area contributed by atoms with Crippen LogP contribution in [0.5, 0.6) is 0 Å². The number of sulfonamides is 1. The third-order valence-electron chi connectivity index (χ3n) is 7.93. The van der Waals surface area contributed by atoms with Gasteiger partial charge in [-0.05, 0) is 54.1 Å². The highest BCUT2D eigenvalue weighted by Crippen LogP contribution is 2.76. The van der Waals surface area contributed by atoms with Crippen molar-refractivity contribution in [3.8, 4) is 0 Å². The van der Waals surface area contributed by atoms with Crippen LogP contribution in [0.1, 0.15) is 33.7 Å². The van der Waals surface area contributed by atoms with Crippen molar-refractivity contribution in [2.75, 3.05) is 7.05 Å². The molecule has 6 nitrogen and oxygen atoms in total. The number of benzene rings is 2. The molecule has 1 aliphatic heterocycles. The van der Waals surface area contributed by atoms with Gasteiger partial charge in [0.15, 0.2) is 5.03 Å². The topological polar surface area (TPSA) is 67.0 Å². The summed E-state index contributed by atoms with van der Waals surface area (Å²) in [5, 5.41) is -0.0383. The summed E-state index contributed by atoms with van der Waals surface area (Å²) in [6.07, 6.45) is -0.0664. The van der Waals surface area contributed by atoms with E-state index < -0.39 is 21.8 Å². The van der Waals surface area contributed by atoms with Crippen LogP contribution >= 0.6 is 0 Å². The van der Waals surface area contributed by atoms with Crippen LogP contribution in [0.15, 0.2) is 60.0 Å². The van der Waals surface area contributed by atoms with Gasteiger partial charge in [-0.15, -0.1) is 0 Å². The van der Waals surface area contributed by atoms with Crippen molar-refractivity contribution in [3.05, 3.63) is 82.8 Å². The molecule has 1 N–H and O–H groups in total. The number of alkyl halides is 3. The molecule has 1 aromatic heterocycles. The van der Waals surface area contributed by atoms with E-state index in [4.69, 9.17) is 0 Å². The molecule has 1 spiro atoms. The van der Waals surface area contributed by atoms with Crippen molar-refractivity contribution in [2.45, 2.75) is 48.6 Å². The summed E-state index contributed by atoms with van der Waals surface area (Å²) in [7, 11) is 0.0400. The first-order chi connectivity index (χ1) is 16.5. The summed E-state index contributed by atoms with van der Waals surface area (Å²) >= 11 is 0. The fourth-order valence-corrected chi connectivity index (χ4v) is 7.22. The number of aryl methyl sites for hydroxylation is 1. The lowest BCUT2D eigenvalue weighted by Crippen LogP contribution is -2.31. The fraction of sp³-hybridized carbons (Fsp3) is 0.400. The molecule has 2 fully saturated rings. The second-order valence-electron chi connectivity index (χ2n) is 10.0. The molecule has 10 heteroatoms. The molecule has 0 bridgehead atoms. The van der Waals surface area contributed by atoms with Crippen LogP contribution < -0.4 is 4.72 Å². The average molecular weight is 503 g/mol. The van der Waals surface area contributed by atoms with Gasteiger partial charge in [0.05, 0.1) is 11.9 Å². The number of imidazole rings is 1. The molecule has 2 aromatic carbocycles. The summed E-state index contributed by atoms with van der Waals surface area (Å²) in [5.41, 5.74) is 3.26. The van der Waals surface area contributed by atoms with Crippen LogP contribution in [-0.4, -0.2) is 42.0 Å². The lowest BCUT2D eigenvalue weighted by atomic mass is 9.80. The Morgan fingerprint density at radius 3 is 2.54 bits per heavy atom. The Balaban J connectivity index is 1.27. The van der Waals surface area contributed by atoms with Crippen LogP contribution in [-0.2, 0) is 42.6 Å². The van der Waals surface area contributed by atoms with Gasteiger partial charge in [-0.1, -0.05) is 36.4 Å². The third-order valence-corrected chi connectivity index (χ3v) is 9.21. The zero-order chi connectivity index (χ0) is 24.8. The number of nitrogens with one attached hydrogen (secondary N) is 1. The lowest BCUT2D eigenvalue weighted by Gasteiger charge is -2.29. The Labute approximate surface area is 201 Å². The molecular formula is C25H25F3N4O2S. The molecule has 1 saturated heterocycles. The van der Waals surface area contributed by atoms with Crippen molar-refractivity contribution in [1.29, 1.82) is 0 Å². The van der Waals surface area contributed by atoms with Crippen LogP contribution in [0.2, 0.25) is 0 Å². The minimum Gasteiger partial charge on any atom is -0.339 e. The SMILES string of the molecule is CN1C2C1C21Cc2ccc(CNS(=O)(=O)c3cn(C)cn3)cc2C1Cc1cccc(C(F)(F)F)c1. The van der Waals surface area contributed by atoms with Crippen molar-refractivity contribution >= 4 is 10.0 Å². The number of nitrogens with zero attached hydrogens (tertiary/aromatic N) is 3. The van der Waals surface area contributed by atoms with Crippen LogP contribution in [0.4, 0.5) is 13.2 Å². The Hall–Kier alpha value is -2.69. The highest BCUT2D eigenvalue weighted by molar-refractivity contribution is 7.89. The van der Waals surface area contributed by atoms with Crippen molar-refractivity contribution in [1.82, 2.24) is 19.2 Å². The first kappa shape index (κ1) is 22.8. The minimum absolute atomic E-state index is 0.0383. The number of fused-ring (bicyclic) bond motifs is 4. The van der Waals surface area contributed by atoms with E-state index in [1.807, 2.05) is 18.2 Å². The molecule has 0 radical (unpaired) electrons. The average Bonchev–Trinajstić information content (AvgIpc) is 3.56. The van der Waals surface area contributed by atoms with E-state index >= 15 is 0 Å². The molecule has 3 atom stereocenters. The van der Waals surface area contributed by atoms with E-state index in [0.29, 0.717) is 24.1 Å². The Morgan fingerprint density at radius 1 is 1.11 bits per heavy atom. The second kappa shape index (κ2) is 7.41. The van der Waals surface area contributed by atoms with Gasteiger partial charge in [-0.25, -0.2) is 18.1 Å². The molecule has 3 unspecified atom stereocenters. The Morgan fingerprint density at radius 2 is 1.89 bits per heavy atom. The van der Waals surface area contributed by atoms with E-state index in [-0.39, 0.29) is 22.9 Å². The standard InChI is InChI=1S/C25H25F3N4O2S/c1-31-13-21(29-14-31)35(33,34)30-12-16-6-7-17-11-24(22-23(24)32(22)2)20(19(17)9-16)10-15-4-3-5-18(8-15)25(26,27)28/h3-9,13-14,20,22-23,30H,10-12H2,1-2H3.